The van der Waals surface area contributed by atoms with Gasteiger partial charge in [-0.3, -0.25) is 14.8 Å². The first kappa shape index (κ1) is 15.8. The summed E-state index contributed by atoms with van der Waals surface area (Å²) < 4.78 is 0. The van der Waals surface area contributed by atoms with E-state index in [-0.39, 0.29) is 11.3 Å². The van der Waals surface area contributed by atoms with Crippen molar-refractivity contribution in [3.8, 4) is 0 Å². The van der Waals surface area contributed by atoms with Crippen molar-refractivity contribution in [1.29, 1.82) is 0 Å². The van der Waals surface area contributed by atoms with Crippen LogP contribution in [0.5, 0.6) is 0 Å². The smallest absolute Gasteiger partial charge is 0.219 e. The summed E-state index contributed by atoms with van der Waals surface area (Å²) in [7, 11) is 0. The SMILES string of the molecule is CC(=O)N1C[C@H]2CN(Cc3ccsc3)CC[C@@]2(c2n[nH]c(C)n2)C1. The summed E-state index contributed by atoms with van der Waals surface area (Å²) in [5.41, 5.74) is 1.28. The van der Waals surface area contributed by atoms with Crippen LogP contribution in [-0.2, 0) is 16.8 Å². The number of aromatic amines is 1. The van der Waals surface area contributed by atoms with Gasteiger partial charge in [0.15, 0.2) is 5.82 Å². The first-order chi connectivity index (χ1) is 11.6. The van der Waals surface area contributed by atoms with Crippen molar-refractivity contribution in [1.82, 2.24) is 25.0 Å². The first-order valence-corrected chi connectivity index (χ1v) is 9.39. The third kappa shape index (κ3) is 2.65. The number of aryl methyl sites for hydroxylation is 1. The maximum Gasteiger partial charge on any atom is 0.219 e. The molecule has 0 aromatic carbocycles. The molecule has 2 aromatic heterocycles. The lowest BCUT2D eigenvalue weighted by Gasteiger charge is -2.41. The zero-order valence-corrected chi connectivity index (χ0v) is 15.0. The van der Waals surface area contributed by atoms with Crippen LogP contribution in [0, 0.1) is 12.8 Å². The zero-order chi connectivity index (χ0) is 16.7. The van der Waals surface area contributed by atoms with Crippen LogP contribution in [0.4, 0.5) is 0 Å². The highest BCUT2D eigenvalue weighted by Crippen LogP contribution is 2.44. The standard InChI is InChI=1S/C17H23N5OS/c1-12-18-16(20-19-12)17-4-5-21(7-14-3-6-24-10-14)8-15(17)9-22(11-17)13(2)23/h3,6,10,15H,4-5,7-9,11H2,1-2H3,(H,18,19,20)/t15-,17-/m1/s1. The molecular formula is C17H23N5OS. The molecule has 1 N–H and O–H groups in total. The van der Waals surface area contributed by atoms with Gasteiger partial charge in [0.1, 0.15) is 5.82 Å². The highest BCUT2D eigenvalue weighted by atomic mass is 32.1. The number of likely N-dealkylation sites (tertiary alicyclic amines) is 2. The Bertz CT molecular complexity index is 727. The third-order valence-electron chi connectivity index (χ3n) is 5.52. The Morgan fingerprint density at radius 3 is 3.04 bits per heavy atom. The minimum absolute atomic E-state index is 0.0957. The Morgan fingerprint density at radius 2 is 2.38 bits per heavy atom. The second-order valence-electron chi connectivity index (χ2n) is 7.11. The van der Waals surface area contributed by atoms with Gasteiger partial charge < -0.3 is 4.90 Å². The molecule has 1 amide bonds. The number of hydrogen-bond acceptors (Lipinski definition) is 5. The van der Waals surface area contributed by atoms with E-state index in [2.05, 4.69) is 36.9 Å². The van der Waals surface area contributed by atoms with Crippen LogP contribution in [0.1, 0.15) is 30.6 Å². The van der Waals surface area contributed by atoms with Crippen molar-refractivity contribution in [3.05, 3.63) is 34.0 Å². The van der Waals surface area contributed by atoms with Crippen molar-refractivity contribution in [2.24, 2.45) is 5.92 Å². The molecule has 2 aliphatic heterocycles. The minimum Gasteiger partial charge on any atom is -0.342 e. The Morgan fingerprint density at radius 1 is 1.50 bits per heavy atom. The summed E-state index contributed by atoms with van der Waals surface area (Å²) in [4.78, 5) is 21.1. The van der Waals surface area contributed by atoms with Gasteiger partial charge in [0.05, 0.1) is 5.41 Å². The van der Waals surface area contributed by atoms with Crippen molar-refractivity contribution < 1.29 is 4.79 Å². The summed E-state index contributed by atoms with van der Waals surface area (Å²) in [6, 6.07) is 2.20. The number of fused-ring (bicyclic) bond motifs is 1. The van der Waals surface area contributed by atoms with Crippen molar-refractivity contribution >= 4 is 17.2 Å². The average Bonchev–Trinajstić information content (AvgIpc) is 3.26. The lowest BCUT2D eigenvalue weighted by atomic mass is 9.72. The fraction of sp³-hybridized carbons (Fsp3) is 0.588. The maximum absolute atomic E-state index is 12.0. The normalized spacial score (nSPS) is 27.4. The number of H-pyrrole nitrogens is 1. The second-order valence-corrected chi connectivity index (χ2v) is 7.89. The molecule has 2 aromatic rings. The van der Waals surface area contributed by atoms with E-state index < -0.39 is 0 Å². The van der Waals surface area contributed by atoms with E-state index in [1.165, 1.54) is 5.56 Å². The molecule has 2 aliphatic rings. The van der Waals surface area contributed by atoms with E-state index in [0.717, 1.165) is 50.8 Å². The molecular weight excluding hydrogens is 322 g/mol. The van der Waals surface area contributed by atoms with E-state index in [9.17, 15) is 4.79 Å². The largest absolute Gasteiger partial charge is 0.342 e. The summed E-state index contributed by atoms with van der Waals surface area (Å²) in [6.07, 6.45) is 1.00. The van der Waals surface area contributed by atoms with Gasteiger partial charge in [-0.15, -0.1) is 0 Å². The molecule has 0 unspecified atom stereocenters. The molecule has 7 heteroatoms. The molecule has 0 saturated carbocycles. The van der Waals surface area contributed by atoms with E-state index in [1.54, 1.807) is 18.3 Å². The van der Waals surface area contributed by atoms with Crippen LogP contribution >= 0.6 is 11.3 Å². The van der Waals surface area contributed by atoms with E-state index in [4.69, 9.17) is 0 Å². The van der Waals surface area contributed by atoms with Crippen LogP contribution in [0.25, 0.3) is 0 Å². The maximum atomic E-state index is 12.0. The molecule has 2 atom stereocenters. The monoisotopic (exact) mass is 345 g/mol. The Kier molecular flexibility index (Phi) is 3.92. The van der Waals surface area contributed by atoms with Crippen molar-refractivity contribution in [2.75, 3.05) is 26.2 Å². The Balaban J connectivity index is 1.59. The minimum atomic E-state index is -0.0957. The quantitative estimate of drug-likeness (QED) is 0.921. The van der Waals surface area contributed by atoms with Gasteiger partial charge in [-0.1, -0.05) is 0 Å². The average molecular weight is 345 g/mol. The zero-order valence-electron chi connectivity index (χ0n) is 14.2. The van der Waals surface area contributed by atoms with Crippen LogP contribution < -0.4 is 0 Å². The highest BCUT2D eigenvalue weighted by molar-refractivity contribution is 7.07. The number of thiophene rings is 1. The molecule has 24 heavy (non-hydrogen) atoms. The summed E-state index contributed by atoms with van der Waals surface area (Å²) in [5, 5.41) is 11.8. The predicted molar refractivity (Wildman–Crippen MR) is 92.8 cm³/mol. The number of aromatic nitrogens is 3. The number of carbonyl (C=O) groups excluding carboxylic acids is 1. The van der Waals surface area contributed by atoms with Crippen molar-refractivity contribution in [2.45, 2.75) is 32.2 Å². The molecule has 0 spiro atoms. The second kappa shape index (κ2) is 5.97. The topological polar surface area (TPSA) is 65.1 Å². The van der Waals surface area contributed by atoms with Crippen LogP contribution in [-0.4, -0.2) is 57.1 Å². The van der Waals surface area contributed by atoms with E-state index in [1.807, 2.05) is 11.8 Å². The van der Waals surface area contributed by atoms with Crippen LogP contribution in [0.2, 0.25) is 0 Å². The number of nitrogens with one attached hydrogen (secondary N) is 1. The molecule has 0 radical (unpaired) electrons. The Hall–Kier alpha value is -1.73. The van der Waals surface area contributed by atoms with E-state index in [0.29, 0.717) is 5.92 Å². The number of rotatable bonds is 3. The number of nitrogens with zero attached hydrogens (tertiary/aromatic N) is 4. The third-order valence-corrected chi connectivity index (χ3v) is 6.25. The number of piperidine rings is 1. The molecule has 2 saturated heterocycles. The fourth-order valence-electron chi connectivity index (χ4n) is 4.21. The summed E-state index contributed by atoms with van der Waals surface area (Å²) >= 11 is 1.75. The Labute approximate surface area is 145 Å². The molecule has 2 fully saturated rings. The van der Waals surface area contributed by atoms with Gasteiger partial charge in [-0.25, -0.2) is 4.98 Å². The predicted octanol–water partition coefficient (Wildman–Crippen LogP) is 1.80. The number of amides is 1. The lowest BCUT2D eigenvalue weighted by molar-refractivity contribution is -0.128. The molecule has 4 heterocycles. The van der Waals surface area contributed by atoms with E-state index >= 15 is 0 Å². The summed E-state index contributed by atoms with van der Waals surface area (Å²) in [6.45, 7) is 8.16. The van der Waals surface area contributed by atoms with Gasteiger partial charge in [0, 0.05) is 39.0 Å². The summed E-state index contributed by atoms with van der Waals surface area (Å²) in [5.74, 6) is 2.29. The number of carbonyl (C=O) groups is 1. The first-order valence-electron chi connectivity index (χ1n) is 8.45. The molecule has 0 aliphatic carbocycles. The molecule has 6 nitrogen and oxygen atoms in total. The van der Waals surface area contributed by atoms with Gasteiger partial charge in [0.2, 0.25) is 5.91 Å². The van der Waals surface area contributed by atoms with Crippen LogP contribution in [0.3, 0.4) is 0 Å². The molecule has 0 bridgehead atoms. The van der Waals surface area contributed by atoms with Gasteiger partial charge in [-0.05, 0) is 42.3 Å². The molecule has 4 rings (SSSR count). The van der Waals surface area contributed by atoms with Gasteiger partial charge >= 0.3 is 0 Å². The van der Waals surface area contributed by atoms with Gasteiger partial charge in [-0.2, -0.15) is 16.4 Å². The lowest BCUT2D eigenvalue weighted by Crippen LogP contribution is -2.49. The number of hydrogen-bond donors (Lipinski definition) is 1. The fourth-order valence-corrected chi connectivity index (χ4v) is 4.87. The molecule has 128 valence electrons. The highest BCUT2D eigenvalue weighted by Gasteiger charge is 2.53. The van der Waals surface area contributed by atoms with Crippen molar-refractivity contribution in [3.63, 3.8) is 0 Å². The van der Waals surface area contributed by atoms with Crippen LogP contribution in [0.15, 0.2) is 16.8 Å². The van der Waals surface area contributed by atoms with Gasteiger partial charge in [0.25, 0.3) is 0 Å².